The Hall–Kier alpha value is -4.83. The highest BCUT2D eigenvalue weighted by molar-refractivity contribution is 7.47. The molecule has 0 aromatic carbocycles. The fourth-order valence-electron chi connectivity index (χ4n) is 11.9. The first-order valence-electron chi connectivity index (χ1n) is 44.8. The zero-order valence-electron chi connectivity index (χ0n) is 71.3. The third kappa shape index (κ3) is 87.8. The number of phosphoric acid groups is 2. The second-order valence-corrected chi connectivity index (χ2v) is 32.6. The standard InChI is InChI=1S/C95H162O16P2/c1-4-7-10-13-16-19-22-25-28-31-34-37-39-41-42-43-44-45-46-48-50-52-54-57-60-63-66-69-72-75-78-81-93(98)105-84-90(96)85-107-112(101,102)108-86-91(97)87-109-113(103,104)110-89-92(111-95(100)83-80-77-74-71-68-65-62-59-56-51-36-33-30-27-24-21-18-15-12-9-6-3)88-106-94(99)82-79-76-73-70-67-64-61-58-55-53-49-47-40-38-35-32-29-26-23-20-17-14-11-8-5-2/h9,12,16-21,25-30,34-38,41-42,47,49,51,59,62,90-92,96-97H,4-8,10-11,13-15,22-24,31-33,39-40,43-46,48,50,52-58,60-61,63-89H2,1-3H3,(H,101,102)(H,103,104)/b12-9-,19-16-,20-17-,21-18-,28-25-,29-26-,30-27-,37-34-,38-35-,42-41-,49-47-,51-36-,62-59-. The summed E-state index contributed by atoms with van der Waals surface area (Å²) in [5.41, 5.74) is 0. The zero-order valence-corrected chi connectivity index (χ0v) is 73.0. The number of ether oxygens (including phenoxy) is 3. The van der Waals surface area contributed by atoms with Crippen LogP contribution in [0.3, 0.4) is 0 Å². The first-order valence-corrected chi connectivity index (χ1v) is 47.8. The summed E-state index contributed by atoms with van der Waals surface area (Å²) >= 11 is 0. The minimum Gasteiger partial charge on any atom is -0.463 e. The van der Waals surface area contributed by atoms with Crippen molar-refractivity contribution in [2.45, 2.75) is 386 Å². The molecule has 648 valence electrons. The number of rotatable bonds is 84. The summed E-state index contributed by atoms with van der Waals surface area (Å²) in [7, 11) is -9.82. The second kappa shape index (κ2) is 86.5. The number of carbonyl (C=O) groups excluding carboxylic acids is 3. The Balaban J connectivity index is 4.61. The van der Waals surface area contributed by atoms with Gasteiger partial charge in [0.2, 0.25) is 0 Å². The van der Waals surface area contributed by atoms with Crippen molar-refractivity contribution < 1.29 is 75.8 Å². The lowest BCUT2D eigenvalue weighted by Gasteiger charge is -2.21. The highest BCUT2D eigenvalue weighted by Gasteiger charge is 2.29. The van der Waals surface area contributed by atoms with Gasteiger partial charge in [0.05, 0.1) is 26.4 Å². The molecule has 113 heavy (non-hydrogen) atoms. The maximum atomic E-state index is 13.0. The van der Waals surface area contributed by atoms with E-state index in [-0.39, 0.29) is 19.3 Å². The third-order valence-corrected chi connectivity index (χ3v) is 20.6. The molecule has 18 heteroatoms. The number of allylic oxidation sites excluding steroid dienone is 26. The normalized spacial score (nSPS) is 14.6. The Morgan fingerprint density at radius 3 is 0.743 bits per heavy atom. The fraction of sp³-hybridized carbons (Fsp3) is 0.695. The van der Waals surface area contributed by atoms with E-state index in [1.54, 1.807) is 0 Å². The van der Waals surface area contributed by atoms with Crippen molar-refractivity contribution in [3.8, 4) is 0 Å². The molecule has 0 fully saturated rings. The van der Waals surface area contributed by atoms with Gasteiger partial charge < -0.3 is 34.2 Å². The van der Waals surface area contributed by atoms with Gasteiger partial charge in [-0.05, 0) is 154 Å². The molecule has 0 saturated carbocycles. The van der Waals surface area contributed by atoms with Crippen LogP contribution < -0.4 is 0 Å². The lowest BCUT2D eigenvalue weighted by atomic mass is 10.0. The van der Waals surface area contributed by atoms with Crippen LogP contribution in [-0.2, 0) is 55.8 Å². The van der Waals surface area contributed by atoms with E-state index in [2.05, 4.69) is 179 Å². The largest absolute Gasteiger partial charge is 0.472 e. The maximum Gasteiger partial charge on any atom is 0.472 e. The molecule has 5 atom stereocenters. The zero-order chi connectivity index (χ0) is 82.2. The number of unbranched alkanes of at least 4 members (excludes halogenated alkanes) is 35. The number of aliphatic hydroxyl groups is 2. The van der Waals surface area contributed by atoms with Crippen LogP contribution in [0, 0.1) is 0 Å². The second-order valence-electron chi connectivity index (χ2n) is 29.7. The van der Waals surface area contributed by atoms with Crippen LogP contribution in [0.5, 0.6) is 0 Å². The van der Waals surface area contributed by atoms with Gasteiger partial charge in [0.25, 0.3) is 0 Å². The van der Waals surface area contributed by atoms with Crippen LogP contribution in [0.25, 0.3) is 0 Å². The Labute approximate surface area is 689 Å². The van der Waals surface area contributed by atoms with Gasteiger partial charge in [-0.3, -0.25) is 32.5 Å². The predicted octanol–water partition coefficient (Wildman–Crippen LogP) is 27.3. The first kappa shape index (κ1) is 108. The van der Waals surface area contributed by atoms with E-state index in [0.717, 1.165) is 154 Å². The summed E-state index contributed by atoms with van der Waals surface area (Å²) in [4.78, 5) is 58.9. The molecular formula is C95H162O16P2. The predicted molar refractivity (Wildman–Crippen MR) is 472 cm³/mol. The Bertz CT molecular complexity index is 2680. The molecule has 0 radical (unpaired) electrons. The van der Waals surface area contributed by atoms with Crippen molar-refractivity contribution in [2.75, 3.05) is 39.6 Å². The summed E-state index contributed by atoms with van der Waals surface area (Å²) in [6.07, 6.45) is 110. The fourth-order valence-corrected chi connectivity index (χ4v) is 13.5. The number of hydrogen-bond acceptors (Lipinski definition) is 14. The SMILES string of the molecule is CC/C=C\C/C=C\C/C=C\C/C=C\C/C=C\CCCCCCCC(=O)OC(COC(=O)CCCCCCCCCCC/C=C\C/C=C\C/C=C\C/C=C\CCCCC)COP(=O)(O)OCC(O)COP(=O)(O)OCC(O)COC(=O)CCCCCCCCCCCCCCCCC/C=C\C/C=C\C/C=C\C/C=C\CCCCC. The molecule has 0 aliphatic heterocycles. The quantitative estimate of drug-likeness (QED) is 0.0146. The van der Waals surface area contributed by atoms with Crippen molar-refractivity contribution in [3.63, 3.8) is 0 Å². The van der Waals surface area contributed by atoms with E-state index in [1.165, 1.54) is 154 Å². The molecule has 0 spiro atoms. The Morgan fingerprint density at radius 2 is 0.469 bits per heavy atom. The number of carbonyl (C=O) groups is 3. The molecule has 0 aromatic rings. The van der Waals surface area contributed by atoms with Gasteiger partial charge in [0.15, 0.2) is 6.10 Å². The van der Waals surface area contributed by atoms with Crippen molar-refractivity contribution in [3.05, 3.63) is 158 Å². The molecule has 0 aliphatic carbocycles. The summed E-state index contributed by atoms with van der Waals surface area (Å²) in [5.74, 6) is -1.60. The van der Waals surface area contributed by atoms with E-state index < -0.39 is 91.5 Å². The van der Waals surface area contributed by atoms with Gasteiger partial charge >= 0.3 is 33.6 Å². The van der Waals surface area contributed by atoms with Gasteiger partial charge in [0, 0.05) is 19.3 Å². The highest BCUT2D eigenvalue weighted by Crippen LogP contribution is 2.45. The third-order valence-electron chi connectivity index (χ3n) is 18.7. The van der Waals surface area contributed by atoms with Crippen LogP contribution in [0.4, 0.5) is 0 Å². The van der Waals surface area contributed by atoms with E-state index >= 15 is 0 Å². The van der Waals surface area contributed by atoms with Crippen LogP contribution in [0.15, 0.2) is 158 Å². The van der Waals surface area contributed by atoms with Crippen molar-refractivity contribution >= 4 is 33.6 Å². The number of hydrogen-bond donors (Lipinski definition) is 4. The molecule has 0 amide bonds. The minimum atomic E-state index is -4.95. The van der Waals surface area contributed by atoms with Crippen LogP contribution >= 0.6 is 15.6 Å². The minimum absolute atomic E-state index is 0.0765. The molecule has 0 saturated heterocycles. The topological polar surface area (TPSA) is 231 Å². The molecule has 0 heterocycles. The molecule has 5 unspecified atom stereocenters. The van der Waals surface area contributed by atoms with Crippen molar-refractivity contribution in [1.82, 2.24) is 0 Å². The lowest BCUT2D eigenvalue weighted by molar-refractivity contribution is -0.161. The van der Waals surface area contributed by atoms with Gasteiger partial charge in [0.1, 0.15) is 25.4 Å². The average molecular weight is 1620 g/mol. The van der Waals surface area contributed by atoms with E-state index in [9.17, 15) is 43.5 Å². The molecule has 4 N–H and O–H groups in total. The highest BCUT2D eigenvalue weighted by atomic mass is 31.2. The van der Waals surface area contributed by atoms with Crippen molar-refractivity contribution in [2.24, 2.45) is 0 Å². The maximum absolute atomic E-state index is 13.0. The Kier molecular flexibility index (Phi) is 82.8. The van der Waals surface area contributed by atoms with Gasteiger partial charge in [-0.2, -0.15) is 0 Å². The van der Waals surface area contributed by atoms with Gasteiger partial charge in [-0.1, -0.05) is 352 Å². The number of phosphoric ester groups is 2. The molecule has 0 rings (SSSR count). The lowest BCUT2D eigenvalue weighted by Crippen LogP contribution is -2.30. The van der Waals surface area contributed by atoms with Crippen molar-refractivity contribution in [1.29, 1.82) is 0 Å². The van der Waals surface area contributed by atoms with Crippen LogP contribution in [-0.4, -0.2) is 95.9 Å². The summed E-state index contributed by atoms with van der Waals surface area (Å²) in [6, 6.07) is 0. The molecule has 0 aliphatic rings. The summed E-state index contributed by atoms with van der Waals surface area (Å²) < 4.78 is 61.4. The van der Waals surface area contributed by atoms with E-state index in [4.69, 9.17) is 32.3 Å². The molecule has 0 aromatic heterocycles. The van der Waals surface area contributed by atoms with Gasteiger partial charge in [-0.25, -0.2) is 9.13 Å². The van der Waals surface area contributed by atoms with Crippen LogP contribution in [0.2, 0.25) is 0 Å². The number of esters is 3. The molecule has 16 nitrogen and oxygen atoms in total. The monoisotopic (exact) mass is 1620 g/mol. The summed E-state index contributed by atoms with van der Waals surface area (Å²) in [6.45, 7) is 2.52. The average Bonchev–Trinajstić information content (AvgIpc) is 0.901. The number of aliphatic hydroxyl groups excluding tert-OH is 2. The van der Waals surface area contributed by atoms with E-state index in [1.807, 2.05) is 0 Å². The molecule has 0 bridgehead atoms. The smallest absolute Gasteiger partial charge is 0.463 e. The van der Waals surface area contributed by atoms with Gasteiger partial charge in [-0.15, -0.1) is 0 Å². The molecular weight excluding hydrogens is 1460 g/mol. The van der Waals surface area contributed by atoms with E-state index in [0.29, 0.717) is 19.3 Å². The Morgan fingerprint density at radius 1 is 0.257 bits per heavy atom. The van der Waals surface area contributed by atoms with Crippen LogP contribution in [0.1, 0.15) is 367 Å². The summed E-state index contributed by atoms with van der Waals surface area (Å²) in [5, 5.41) is 20.7. The first-order chi connectivity index (χ1) is 55.2.